The zero-order valence-electron chi connectivity index (χ0n) is 18.8. The number of nitrogens with one attached hydrogen (secondary N) is 2. The number of aliphatic hydroxyl groups is 1. The minimum absolute atomic E-state index is 0. The Bertz CT molecular complexity index is 1250. The van der Waals surface area contributed by atoms with Gasteiger partial charge in [-0.05, 0) is 55.8 Å². The lowest BCUT2D eigenvalue weighted by atomic mass is 9.91. The fourth-order valence-electron chi connectivity index (χ4n) is 3.97. The van der Waals surface area contributed by atoms with Gasteiger partial charge in [0.2, 0.25) is 0 Å². The first-order chi connectivity index (χ1) is 16.1. The molecule has 2 aliphatic heterocycles. The number of carbonyl (C=O) groups is 3. The van der Waals surface area contributed by atoms with Gasteiger partial charge in [0.1, 0.15) is 17.2 Å². The van der Waals surface area contributed by atoms with Gasteiger partial charge in [0.25, 0.3) is 11.8 Å². The number of hydrogen-bond acceptors (Lipinski definition) is 6. The van der Waals surface area contributed by atoms with Crippen LogP contribution in [0.5, 0.6) is 0 Å². The number of halogens is 1. The Kier molecular flexibility index (Phi) is 7.11. The first-order valence-electron chi connectivity index (χ1n) is 10.5. The van der Waals surface area contributed by atoms with Crippen molar-refractivity contribution in [3.63, 3.8) is 0 Å². The van der Waals surface area contributed by atoms with Gasteiger partial charge in [-0.15, -0.1) is 0 Å². The van der Waals surface area contributed by atoms with Gasteiger partial charge in [0.05, 0.1) is 25.0 Å². The molecule has 184 valence electrons. The lowest BCUT2D eigenvalue weighted by molar-refractivity contribution is -0.143. The second kappa shape index (κ2) is 9.71. The number of ether oxygens (including phenoxy) is 2. The molecule has 0 spiro atoms. The third kappa shape index (κ3) is 4.81. The topological polar surface area (TPSA) is 114 Å². The van der Waals surface area contributed by atoms with Crippen molar-refractivity contribution in [3.05, 3.63) is 76.8 Å². The summed E-state index contributed by atoms with van der Waals surface area (Å²) in [6, 6.07) is 9.54. The summed E-state index contributed by atoms with van der Waals surface area (Å²) in [5.41, 5.74) is 2.34. The van der Waals surface area contributed by atoms with Crippen molar-refractivity contribution in [2.45, 2.75) is 32.9 Å². The van der Waals surface area contributed by atoms with Crippen molar-refractivity contribution >= 4 is 34.6 Å². The van der Waals surface area contributed by atoms with Crippen LogP contribution in [0.25, 0.3) is 11.1 Å². The average molecular weight is 483 g/mol. The molecule has 0 aromatic heterocycles. The minimum atomic E-state index is -1.16. The van der Waals surface area contributed by atoms with Crippen molar-refractivity contribution in [1.29, 1.82) is 0 Å². The smallest absolute Gasteiger partial charge is 0.330 e. The van der Waals surface area contributed by atoms with Crippen molar-refractivity contribution in [2.24, 2.45) is 0 Å². The number of aliphatic hydroxyl groups excluding tert-OH is 1. The summed E-state index contributed by atoms with van der Waals surface area (Å²) >= 11 is 0. The average Bonchev–Trinajstić information content (AvgIpc) is 3.30. The molecule has 0 aliphatic carbocycles. The number of benzene rings is 2. The van der Waals surface area contributed by atoms with E-state index in [1.54, 1.807) is 30.3 Å². The van der Waals surface area contributed by atoms with E-state index >= 15 is 0 Å². The van der Waals surface area contributed by atoms with Crippen LogP contribution < -0.4 is 10.6 Å². The fraction of sp³-hybridized carbons (Fsp3) is 0.269. The van der Waals surface area contributed by atoms with Gasteiger partial charge in [-0.2, -0.15) is 0 Å². The van der Waals surface area contributed by atoms with Crippen LogP contribution in [-0.4, -0.2) is 48.2 Å². The zero-order chi connectivity index (χ0) is 24.6. The Morgan fingerprint density at radius 3 is 2.51 bits per heavy atom. The maximum atomic E-state index is 13.6. The van der Waals surface area contributed by atoms with E-state index in [4.69, 9.17) is 4.74 Å². The second-order valence-corrected chi connectivity index (χ2v) is 8.36. The van der Waals surface area contributed by atoms with Crippen LogP contribution in [0, 0.1) is 5.82 Å². The summed E-state index contributed by atoms with van der Waals surface area (Å²) in [7, 11) is 1.17. The summed E-state index contributed by atoms with van der Waals surface area (Å²) in [6.07, 6.45) is 1.77. The van der Waals surface area contributed by atoms with Crippen LogP contribution >= 0.6 is 0 Å². The van der Waals surface area contributed by atoms with E-state index < -0.39 is 35.9 Å². The molecular weight excluding hydrogens is 455 g/mol. The third-order valence-electron chi connectivity index (χ3n) is 5.69. The summed E-state index contributed by atoms with van der Waals surface area (Å²) in [5, 5.41) is 14.4. The van der Waals surface area contributed by atoms with E-state index in [-0.39, 0.29) is 18.9 Å². The van der Waals surface area contributed by atoms with E-state index in [1.807, 2.05) is 13.8 Å². The Labute approximate surface area is 202 Å². The van der Waals surface area contributed by atoms with Gasteiger partial charge < -0.3 is 25.2 Å². The van der Waals surface area contributed by atoms with Crippen molar-refractivity contribution in [1.82, 2.24) is 5.32 Å². The predicted octanol–water partition coefficient (Wildman–Crippen LogP) is 3.28. The molecule has 9 heteroatoms. The minimum Gasteiger partial charge on any atom is -0.482 e. The van der Waals surface area contributed by atoms with Gasteiger partial charge in [-0.25, -0.2) is 9.18 Å². The van der Waals surface area contributed by atoms with E-state index in [9.17, 15) is 23.9 Å². The van der Waals surface area contributed by atoms with Gasteiger partial charge in [0, 0.05) is 16.7 Å². The molecule has 0 saturated heterocycles. The molecule has 0 fully saturated rings. The summed E-state index contributed by atoms with van der Waals surface area (Å²) in [6.45, 7) is 3.12. The molecule has 0 unspecified atom stereocenters. The van der Waals surface area contributed by atoms with E-state index in [0.29, 0.717) is 22.6 Å². The highest BCUT2D eigenvalue weighted by Crippen LogP contribution is 2.44. The van der Waals surface area contributed by atoms with Gasteiger partial charge in [-0.1, -0.05) is 19.6 Å². The van der Waals surface area contributed by atoms with Crippen LogP contribution in [-0.2, 0) is 19.1 Å². The fourth-order valence-corrected chi connectivity index (χ4v) is 3.97. The Balaban J connectivity index is 0.00000342. The van der Waals surface area contributed by atoms with E-state index in [1.165, 1.54) is 25.3 Å². The molecule has 0 bridgehead atoms. The number of esters is 1. The Hall–Kier alpha value is -3.98. The maximum Gasteiger partial charge on any atom is 0.330 e. The molecule has 8 nitrogen and oxygen atoms in total. The molecule has 2 aliphatic rings. The first-order valence-corrected chi connectivity index (χ1v) is 10.5. The second-order valence-electron chi connectivity index (χ2n) is 8.36. The Morgan fingerprint density at radius 2 is 1.89 bits per heavy atom. The number of fused-ring (bicyclic) bond motifs is 1. The van der Waals surface area contributed by atoms with Crippen molar-refractivity contribution in [3.8, 4) is 0 Å². The summed E-state index contributed by atoms with van der Waals surface area (Å²) in [4.78, 5) is 36.6. The van der Waals surface area contributed by atoms with Crippen LogP contribution in [0.3, 0.4) is 0 Å². The predicted molar refractivity (Wildman–Crippen MR) is 129 cm³/mol. The van der Waals surface area contributed by atoms with E-state index in [0.717, 1.165) is 11.1 Å². The molecular formula is C26H27FN2O6. The van der Waals surface area contributed by atoms with Gasteiger partial charge in [-0.3, -0.25) is 9.59 Å². The quantitative estimate of drug-likeness (QED) is 0.445. The largest absolute Gasteiger partial charge is 0.482 e. The van der Waals surface area contributed by atoms with Crippen LogP contribution in [0.4, 0.5) is 10.1 Å². The van der Waals surface area contributed by atoms with Crippen molar-refractivity contribution in [2.75, 3.05) is 19.0 Å². The van der Waals surface area contributed by atoms with Crippen LogP contribution in [0.1, 0.15) is 42.8 Å². The van der Waals surface area contributed by atoms with E-state index in [2.05, 4.69) is 15.4 Å². The van der Waals surface area contributed by atoms with Gasteiger partial charge >= 0.3 is 5.97 Å². The number of carbonyl (C=O) groups excluding carboxylic acids is 3. The number of allylic oxidation sites excluding steroid dienone is 1. The number of hydrogen-bond donors (Lipinski definition) is 3. The number of methoxy groups -OCH3 is 1. The molecule has 1 atom stereocenters. The molecule has 4 rings (SSSR count). The zero-order valence-corrected chi connectivity index (χ0v) is 18.8. The van der Waals surface area contributed by atoms with Crippen molar-refractivity contribution < 1.29 is 33.4 Å². The first kappa shape index (κ1) is 25.6. The number of rotatable bonds is 5. The molecule has 2 aromatic rings. The monoisotopic (exact) mass is 482 g/mol. The SMILES string of the molecule is C.COC(=O)[C@@H](CO)NC(=O)c1ccc(C2=C/C(=C3\C(=O)Nc4cc(F)ccc43)OC2(C)C)cc1. The molecule has 2 heterocycles. The van der Waals surface area contributed by atoms with Gasteiger partial charge in [0.15, 0.2) is 6.04 Å². The molecule has 0 saturated carbocycles. The van der Waals surface area contributed by atoms with Crippen LogP contribution in [0.2, 0.25) is 0 Å². The standard InChI is InChI=1S/C25H23FN2O6.CH4/c1-25(2)17(11-20(34-25)21-16-9-8-15(26)10-18(16)27-23(21)31)13-4-6-14(7-5-13)22(30)28-19(12-29)24(32)33-3;/h4-11,19,29H,12H2,1-3H3,(H,27,31)(H,28,30);1H4/b21-20+;/t19-;/m1./s1. The lowest BCUT2D eigenvalue weighted by Gasteiger charge is -2.23. The summed E-state index contributed by atoms with van der Waals surface area (Å²) < 4.78 is 24.2. The highest BCUT2D eigenvalue weighted by Gasteiger charge is 2.38. The highest BCUT2D eigenvalue weighted by atomic mass is 19.1. The number of amides is 2. The van der Waals surface area contributed by atoms with Crippen LogP contribution in [0.15, 0.2) is 54.3 Å². The summed E-state index contributed by atoms with van der Waals surface area (Å²) in [5.74, 6) is -1.74. The Morgan fingerprint density at radius 1 is 1.20 bits per heavy atom. The molecule has 2 aromatic carbocycles. The highest BCUT2D eigenvalue weighted by molar-refractivity contribution is 6.32. The maximum absolute atomic E-state index is 13.6. The lowest BCUT2D eigenvalue weighted by Crippen LogP contribution is -2.44. The third-order valence-corrected chi connectivity index (χ3v) is 5.69. The normalized spacial score (nSPS) is 18.4. The molecule has 35 heavy (non-hydrogen) atoms. The molecule has 2 amide bonds. The number of anilines is 1. The molecule has 0 radical (unpaired) electrons. The molecule has 3 N–H and O–H groups in total.